The maximum atomic E-state index is 10.1. The lowest BCUT2D eigenvalue weighted by molar-refractivity contribution is -0.138. The molecule has 0 aromatic heterocycles. The molecule has 0 aromatic carbocycles. The van der Waals surface area contributed by atoms with Gasteiger partial charge in [0.1, 0.15) is 6.04 Å². The third-order valence-electron chi connectivity index (χ3n) is 0.979. The molecule has 56 valence electrons. The van der Waals surface area contributed by atoms with Crippen LogP contribution in [-0.2, 0) is 4.79 Å². The summed E-state index contributed by atoms with van der Waals surface area (Å²) in [5.41, 5.74) is 5.17. The van der Waals surface area contributed by atoms with Gasteiger partial charge >= 0.3 is 5.97 Å². The summed E-state index contributed by atoms with van der Waals surface area (Å²) in [7, 11) is 0. The van der Waals surface area contributed by atoms with E-state index in [1.54, 1.807) is 18.2 Å². The number of nitrogens with two attached hydrogens (primary N) is 1. The fourth-order valence-electron chi connectivity index (χ4n) is 0.422. The first-order valence-electron chi connectivity index (χ1n) is 2.94. The van der Waals surface area contributed by atoms with E-state index in [1.807, 2.05) is 0 Å². The van der Waals surface area contributed by atoms with Crippen LogP contribution in [0.5, 0.6) is 0 Å². The maximum Gasteiger partial charge on any atom is 0.320 e. The number of carboxylic acid groups (broad SMARTS) is 1. The van der Waals surface area contributed by atoms with E-state index >= 15 is 0 Å². The van der Waals surface area contributed by atoms with Crippen LogP contribution in [0.1, 0.15) is 6.42 Å². The summed E-state index contributed by atoms with van der Waals surface area (Å²) in [6.07, 6.45) is 5.27. The molecular weight excluding hydrogens is 130 g/mol. The van der Waals surface area contributed by atoms with Crippen LogP contribution in [0.4, 0.5) is 0 Å². The molecule has 0 bridgehead atoms. The fraction of sp³-hybridized carbons (Fsp3) is 0.286. The van der Waals surface area contributed by atoms with E-state index < -0.39 is 12.0 Å². The van der Waals surface area contributed by atoms with Gasteiger partial charge in [0.15, 0.2) is 0 Å². The molecule has 0 saturated heterocycles. The van der Waals surface area contributed by atoms with E-state index in [9.17, 15) is 4.79 Å². The molecule has 0 amide bonds. The molecule has 0 saturated carbocycles. The molecule has 10 heavy (non-hydrogen) atoms. The summed E-state index contributed by atoms with van der Waals surface area (Å²) in [6.45, 7) is 3.43. The van der Waals surface area contributed by atoms with Crippen molar-refractivity contribution in [3.05, 3.63) is 24.8 Å². The van der Waals surface area contributed by atoms with Gasteiger partial charge in [0.25, 0.3) is 0 Å². The Morgan fingerprint density at radius 3 is 2.80 bits per heavy atom. The Bertz CT molecular complexity index is 152. The van der Waals surface area contributed by atoms with Gasteiger partial charge in [-0.25, -0.2) is 0 Å². The number of allylic oxidation sites excluding steroid dienone is 2. The summed E-state index contributed by atoms with van der Waals surface area (Å²) in [4.78, 5) is 10.1. The van der Waals surface area contributed by atoms with Crippen LogP contribution < -0.4 is 5.73 Å². The Balaban J connectivity index is 3.58. The second kappa shape index (κ2) is 4.76. The lowest BCUT2D eigenvalue weighted by Crippen LogP contribution is -2.29. The van der Waals surface area contributed by atoms with Crippen molar-refractivity contribution < 1.29 is 9.90 Å². The van der Waals surface area contributed by atoms with Crippen LogP contribution in [0, 0.1) is 0 Å². The zero-order valence-corrected chi connectivity index (χ0v) is 5.66. The molecule has 0 heterocycles. The third kappa shape index (κ3) is 3.86. The molecule has 0 aromatic rings. The van der Waals surface area contributed by atoms with Crippen molar-refractivity contribution in [3.63, 3.8) is 0 Å². The number of hydrogen-bond acceptors (Lipinski definition) is 2. The van der Waals surface area contributed by atoms with Gasteiger partial charge in [-0.1, -0.05) is 24.8 Å². The molecule has 1 unspecified atom stereocenters. The number of rotatable bonds is 4. The van der Waals surface area contributed by atoms with E-state index in [1.165, 1.54) is 0 Å². The third-order valence-corrected chi connectivity index (χ3v) is 0.979. The van der Waals surface area contributed by atoms with Crippen LogP contribution in [0.3, 0.4) is 0 Å². The second-order valence-electron chi connectivity index (χ2n) is 1.84. The minimum Gasteiger partial charge on any atom is -0.480 e. The Labute approximate surface area is 59.8 Å². The fourth-order valence-corrected chi connectivity index (χ4v) is 0.422. The number of aliphatic carboxylic acids is 1. The van der Waals surface area contributed by atoms with Gasteiger partial charge in [-0.05, 0) is 6.42 Å². The minimum absolute atomic E-state index is 0.349. The average molecular weight is 141 g/mol. The highest BCUT2D eigenvalue weighted by Gasteiger charge is 2.07. The van der Waals surface area contributed by atoms with E-state index in [0.29, 0.717) is 6.42 Å². The minimum atomic E-state index is -0.978. The number of carboxylic acids is 1. The van der Waals surface area contributed by atoms with E-state index in [2.05, 4.69) is 6.58 Å². The van der Waals surface area contributed by atoms with Crippen LogP contribution in [0.2, 0.25) is 0 Å². The number of carbonyl (C=O) groups is 1. The van der Waals surface area contributed by atoms with E-state index in [0.717, 1.165) is 0 Å². The first-order chi connectivity index (χ1) is 4.68. The predicted octanol–water partition coefficient (Wildman–Crippen LogP) is 0.531. The standard InChI is InChI=1S/C7H11NO2/c1-2-3-4-5-6(8)7(9)10/h2-4,6H,1,5,8H2,(H,9,10)/b4-3+. The average Bonchev–Trinajstić information content (AvgIpc) is 1.88. The summed E-state index contributed by atoms with van der Waals surface area (Å²) in [5, 5.41) is 8.30. The zero-order chi connectivity index (χ0) is 7.98. The first kappa shape index (κ1) is 8.91. The summed E-state index contributed by atoms with van der Waals surface area (Å²) >= 11 is 0. The molecule has 0 aliphatic rings. The van der Waals surface area contributed by atoms with Gasteiger partial charge in [-0.2, -0.15) is 0 Å². The SMILES string of the molecule is C=C/C=C/CC(N)C(=O)O. The molecular formula is C7H11NO2. The van der Waals surface area contributed by atoms with Crippen LogP contribution in [0.15, 0.2) is 24.8 Å². The van der Waals surface area contributed by atoms with Crippen molar-refractivity contribution in [2.75, 3.05) is 0 Å². The van der Waals surface area contributed by atoms with Crippen molar-refractivity contribution in [2.24, 2.45) is 5.73 Å². The summed E-state index contributed by atoms with van der Waals surface area (Å²) < 4.78 is 0. The van der Waals surface area contributed by atoms with Crippen LogP contribution in [0.25, 0.3) is 0 Å². The highest BCUT2D eigenvalue weighted by molar-refractivity contribution is 5.73. The zero-order valence-electron chi connectivity index (χ0n) is 5.66. The van der Waals surface area contributed by atoms with Gasteiger partial charge in [0, 0.05) is 0 Å². The molecule has 0 aliphatic heterocycles. The quantitative estimate of drug-likeness (QED) is 0.561. The van der Waals surface area contributed by atoms with Gasteiger partial charge < -0.3 is 10.8 Å². The van der Waals surface area contributed by atoms with Crippen molar-refractivity contribution in [2.45, 2.75) is 12.5 Å². The van der Waals surface area contributed by atoms with Crippen molar-refractivity contribution in [1.29, 1.82) is 0 Å². The molecule has 1 atom stereocenters. The van der Waals surface area contributed by atoms with Crippen LogP contribution >= 0.6 is 0 Å². The van der Waals surface area contributed by atoms with Crippen LogP contribution in [-0.4, -0.2) is 17.1 Å². The molecule has 0 spiro atoms. The Morgan fingerprint density at radius 2 is 2.40 bits per heavy atom. The first-order valence-corrected chi connectivity index (χ1v) is 2.94. The molecule has 0 fully saturated rings. The Hall–Kier alpha value is -1.09. The normalized spacial score (nSPS) is 13.3. The largest absolute Gasteiger partial charge is 0.480 e. The van der Waals surface area contributed by atoms with Crippen molar-refractivity contribution >= 4 is 5.97 Å². The van der Waals surface area contributed by atoms with Crippen molar-refractivity contribution in [1.82, 2.24) is 0 Å². The molecule has 3 N–H and O–H groups in total. The molecule has 3 heteroatoms. The van der Waals surface area contributed by atoms with Gasteiger partial charge in [0.05, 0.1) is 0 Å². The second-order valence-corrected chi connectivity index (χ2v) is 1.84. The summed E-state index contributed by atoms with van der Waals surface area (Å²) in [6, 6.07) is -0.795. The number of hydrogen-bond donors (Lipinski definition) is 2. The Kier molecular flexibility index (Phi) is 4.24. The highest BCUT2D eigenvalue weighted by atomic mass is 16.4. The van der Waals surface area contributed by atoms with Gasteiger partial charge in [-0.15, -0.1) is 0 Å². The lowest BCUT2D eigenvalue weighted by Gasteiger charge is -1.99. The molecule has 0 aliphatic carbocycles. The Morgan fingerprint density at radius 1 is 1.80 bits per heavy atom. The molecule has 0 rings (SSSR count). The van der Waals surface area contributed by atoms with E-state index in [4.69, 9.17) is 10.8 Å². The van der Waals surface area contributed by atoms with Crippen molar-refractivity contribution in [3.8, 4) is 0 Å². The molecule has 3 nitrogen and oxygen atoms in total. The topological polar surface area (TPSA) is 63.3 Å². The monoisotopic (exact) mass is 141 g/mol. The predicted molar refractivity (Wildman–Crippen MR) is 39.6 cm³/mol. The highest BCUT2D eigenvalue weighted by Crippen LogP contribution is 1.89. The maximum absolute atomic E-state index is 10.1. The lowest BCUT2D eigenvalue weighted by atomic mass is 10.2. The molecule has 0 radical (unpaired) electrons. The van der Waals surface area contributed by atoms with Gasteiger partial charge in [0.2, 0.25) is 0 Å². The smallest absolute Gasteiger partial charge is 0.320 e. The van der Waals surface area contributed by atoms with Gasteiger partial charge in [-0.3, -0.25) is 4.79 Å². The van der Waals surface area contributed by atoms with E-state index in [-0.39, 0.29) is 0 Å². The summed E-state index contributed by atoms with van der Waals surface area (Å²) in [5.74, 6) is -0.978.